The highest BCUT2D eigenvalue weighted by Gasteiger charge is 2.05. The number of hydrogen-bond acceptors (Lipinski definition) is 2. The first-order chi connectivity index (χ1) is 8.16. The average Bonchev–Trinajstić information content (AvgIpc) is 2.33. The van der Waals surface area contributed by atoms with Crippen molar-refractivity contribution in [3.63, 3.8) is 0 Å². The van der Waals surface area contributed by atoms with Gasteiger partial charge in [-0.15, -0.1) is 0 Å². The van der Waals surface area contributed by atoms with E-state index in [2.05, 4.69) is 53.9 Å². The van der Waals surface area contributed by atoms with Gasteiger partial charge >= 0.3 is 0 Å². The lowest BCUT2D eigenvalue weighted by Crippen LogP contribution is -2.17. The van der Waals surface area contributed by atoms with Crippen LogP contribution in [-0.4, -0.2) is 12.0 Å². The molecule has 0 N–H and O–H groups in total. The first-order valence-corrected chi connectivity index (χ1v) is 6.81. The van der Waals surface area contributed by atoms with Gasteiger partial charge in [0.2, 0.25) is 0 Å². The van der Waals surface area contributed by atoms with Crippen molar-refractivity contribution >= 4 is 37.7 Å². The van der Waals surface area contributed by atoms with Gasteiger partial charge < -0.3 is 4.90 Å². The maximum absolute atomic E-state index is 4.37. The summed E-state index contributed by atoms with van der Waals surface area (Å²) in [5.74, 6) is 0.962. The molecule has 0 aliphatic rings. The smallest absolute Gasteiger partial charge is 0.128 e. The van der Waals surface area contributed by atoms with Gasteiger partial charge in [-0.05, 0) is 39.7 Å². The Labute approximate surface area is 118 Å². The SMILES string of the molecule is CN(Cc1ccccc1Br)c1ccc(Br)cn1. The predicted molar refractivity (Wildman–Crippen MR) is 78.2 cm³/mol. The number of rotatable bonds is 3. The van der Waals surface area contributed by atoms with Crippen LogP contribution in [0.5, 0.6) is 0 Å². The third-order valence-electron chi connectivity index (χ3n) is 2.47. The first-order valence-electron chi connectivity index (χ1n) is 5.23. The molecule has 2 nitrogen and oxygen atoms in total. The molecule has 1 aromatic carbocycles. The fourth-order valence-corrected chi connectivity index (χ4v) is 2.20. The van der Waals surface area contributed by atoms with E-state index in [4.69, 9.17) is 0 Å². The molecule has 0 saturated carbocycles. The fourth-order valence-electron chi connectivity index (χ4n) is 1.56. The van der Waals surface area contributed by atoms with Gasteiger partial charge in [-0.2, -0.15) is 0 Å². The molecule has 0 fully saturated rings. The highest BCUT2D eigenvalue weighted by Crippen LogP contribution is 2.20. The molecule has 17 heavy (non-hydrogen) atoms. The lowest BCUT2D eigenvalue weighted by atomic mass is 10.2. The van der Waals surface area contributed by atoms with Crippen molar-refractivity contribution in [1.29, 1.82) is 0 Å². The second-order valence-electron chi connectivity index (χ2n) is 3.78. The van der Waals surface area contributed by atoms with Crippen LogP contribution < -0.4 is 4.90 Å². The van der Waals surface area contributed by atoms with E-state index in [1.807, 2.05) is 37.5 Å². The van der Waals surface area contributed by atoms with Crippen LogP contribution in [0.15, 0.2) is 51.5 Å². The van der Waals surface area contributed by atoms with Crippen molar-refractivity contribution in [2.24, 2.45) is 0 Å². The molecule has 0 aliphatic heterocycles. The van der Waals surface area contributed by atoms with E-state index < -0.39 is 0 Å². The van der Waals surface area contributed by atoms with Crippen molar-refractivity contribution in [3.05, 3.63) is 57.1 Å². The summed E-state index contributed by atoms with van der Waals surface area (Å²) in [4.78, 5) is 6.49. The summed E-state index contributed by atoms with van der Waals surface area (Å²) in [5.41, 5.74) is 1.25. The van der Waals surface area contributed by atoms with E-state index in [0.717, 1.165) is 21.3 Å². The second kappa shape index (κ2) is 5.65. The molecular weight excluding hydrogens is 344 g/mol. The molecule has 2 aromatic rings. The molecule has 0 amide bonds. The zero-order valence-electron chi connectivity index (χ0n) is 9.40. The Morgan fingerprint density at radius 1 is 1.12 bits per heavy atom. The highest BCUT2D eigenvalue weighted by atomic mass is 79.9. The largest absolute Gasteiger partial charge is 0.355 e. The second-order valence-corrected chi connectivity index (χ2v) is 5.55. The molecule has 4 heteroatoms. The zero-order valence-corrected chi connectivity index (χ0v) is 12.6. The van der Waals surface area contributed by atoms with Gasteiger partial charge in [0.1, 0.15) is 5.82 Å². The number of halogens is 2. The molecule has 0 aliphatic carbocycles. The van der Waals surface area contributed by atoms with Crippen LogP contribution in [0.1, 0.15) is 5.56 Å². The molecular formula is C13H12Br2N2. The van der Waals surface area contributed by atoms with E-state index in [1.54, 1.807) is 0 Å². The summed E-state index contributed by atoms with van der Waals surface area (Å²) in [7, 11) is 2.04. The number of benzene rings is 1. The van der Waals surface area contributed by atoms with Crippen LogP contribution in [0.2, 0.25) is 0 Å². The van der Waals surface area contributed by atoms with Crippen LogP contribution in [0.4, 0.5) is 5.82 Å². The van der Waals surface area contributed by atoms with Gasteiger partial charge in [0.15, 0.2) is 0 Å². The number of anilines is 1. The quantitative estimate of drug-likeness (QED) is 0.818. The third kappa shape index (κ3) is 3.30. The van der Waals surface area contributed by atoms with Gasteiger partial charge in [-0.1, -0.05) is 34.1 Å². The van der Waals surface area contributed by atoms with Gasteiger partial charge in [-0.25, -0.2) is 4.98 Å². The number of hydrogen-bond donors (Lipinski definition) is 0. The van der Waals surface area contributed by atoms with Crippen molar-refractivity contribution in [1.82, 2.24) is 4.98 Å². The van der Waals surface area contributed by atoms with Crippen LogP contribution in [0.25, 0.3) is 0 Å². The van der Waals surface area contributed by atoms with E-state index >= 15 is 0 Å². The summed E-state index contributed by atoms with van der Waals surface area (Å²) < 4.78 is 2.12. The minimum absolute atomic E-state index is 0.829. The molecule has 0 spiro atoms. The summed E-state index contributed by atoms with van der Waals surface area (Å²) in [6, 6.07) is 12.2. The Kier molecular flexibility index (Phi) is 4.18. The minimum Gasteiger partial charge on any atom is -0.355 e. The van der Waals surface area contributed by atoms with Crippen LogP contribution in [0.3, 0.4) is 0 Å². The monoisotopic (exact) mass is 354 g/mol. The lowest BCUT2D eigenvalue weighted by molar-refractivity contribution is 0.893. The number of aromatic nitrogens is 1. The molecule has 2 rings (SSSR count). The summed E-state index contributed by atoms with van der Waals surface area (Å²) in [5, 5.41) is 0. The maximum atomic E-state index is 4.37. The molecule has 1 heterocycles. The van der Waals surface area contributed by atoms with E-state index in [0.29, 0.717) is 0 Å². The minimum atomic E-state index is 0.829. The van der Waals surface area contributed by atoms with Gasteiger partial charge in [0, 0.05) is 28.7 Å². The highest BCUT2D eigenvalue weighted by molar-refractivity contribution is 9.10. The molecule has 0 saturated heterocycles. The Morgan fingerprint density at radius 2 is 1.88 bits per heavy atom. The van der Waals surface area contributed by atoms with Gasteiger partial charge in [0.05, 0.1) is 0 Å². The van der Waals surface area contributed by atoms with Gasteiger partial charge in [-0.3, -0.25) is 0 Å². The number of pyridine rings is 1. The number of nitrogens with zero attached hydrogens (tertiary/aromatic N) is 2. The normalized spacial score (nSPS) is 10.3. The van der Waals surface area contributed by atoms with Gasteiger partial charge in [0.25, 0.3) is 0 Å². The van der Waals surface area contributed by atoms with Crippen LogP contribution in [-0.2, 0) is 6.54 Å². The van der Waals surface area contributed by atoms with Crippen molar-refractivity contribution < 1.29 is 0 Å². The maximum Gasteiger partial charge on any atom is 0.128 e. The summed E-state index contributed by atoms with van der Waals surface area (Å²) >= 11 is 6.94. The molecule has 0 atom stereocenters. The van der Waals surface area contributed by atoms with Crippen molar-refractivity contribution in [2.45, 2.75) is 6.54 Å². The average molecular weight is 356 g/mol. The van der Waals surface area contributed by atoms with E-state index in [-0.39, 0.29) is 0 Å². The molecule has 0 radical (unpaired) electrons. The Balaban J connectivity index is 2.14. The van der Waals surface area contributed by atoms with E-state index in [9.17, 15) is 0 Å². The van der Waals surface area contributed by atoms with Crippen LogP contribution >= 0.6 is 31.9 Å². The van der Waals surface area contributed by atoms with E-state index in [1.165, 1.54) is 5.56 Å². The molecule has 0 bridgehead atoms. The standard InChI is InChI=1S/C13H12Br2N2/c1-17(13-7-6-11(14)8-16-13)9-10-4-2-3-5-12(10)15/h2-8H,9H2,1H3. The van der Waals surface area contributed by atoms with Crippen molar-refractivity contribution in [2.75, 3.05) is 11.9 Å². The first kappa shape index (κ1) is 12.6. The fraction of sp³-hybridized carbons (Fsp3) is 0.154. The predicted octanol–water partition coefficient (Wildman–Crippen LogP) is 4.24. The summed E-state index contributed by atoms with van der Waals surface area (Å²) in [6.07, 6.45) is 1.81. The Hall–Kier alpha value is -0.870. The van der Waals surface area contributed by atoms with Crippen molar-refractivity contribution in [3.8, 4) is 0 Å². The Bertz CT molecular complexity index is 497. The third-order valence-corrected chi connectivity index (χ3v) is 3.71. The summed E-state index contributed by atoms with van der Waals surface area (Å²) in [6.45, 7) is 0.829. The molecule has 0 unspecified atom stereocenters. The Morgan fingerprint density at radius 3 is 2.53 bits per heavy atom. The molecule has 88 valence electrons. The zero-order chi connectivity index (χ0) is 12.3. The lowest BCUT2D eigenvalue weighted by Gasteiger charge is -2.18. The molecule has 1 aromatic heterocycles. The van der Waals surface area contributed by atoms with Crippen LogP contribution in [0, 0.1) is 0 Å². The topological polar surface area (TPSA) is 16.1 Å².